The molecule has 0 saturated carbocycles. The Morgan fingerprint density at radius 1 is 1.33 bits per heavy atom. The van der Waals surface area contributed by atoms with Gasteiger partial charge in [0.15, 0.2) is 0 Å². The molecule has 0 atom stereocenters. The van der Waals surface area contributed by atoms with Crippen LogP contribution in [-0.4, -0.2) is 37.0 Å². The third kappa shape index (κ3) is 3.45. The van der Waals surface area contributed by atoms with Gasteiger partial charge in [-0.05, 0) is 37.1 Å². The van der Waals surface area contributed by atoms with Crippen molar-refractivity contribution in [2.24, 2.45) is 11.1 Å². The second-order valence-electron chi connectivity index (χ2n) is 5.62. The van der Waals surface area contributed by atoms with Gasteiger partial charge in [0.1, 0.15) is 5.75 Å². The molecule has 114 valence electrons. The van der Waals surface area contributed by atoms with E-state index in [9.17, 15) is 4.79 Å². The van der Waals surface area contributed by atoms with Crippen molar-refractivity contribution < 1.29 is 9.53 Å². The number of anilines is 1. The van der Waals surface area contributed by atoms with Crippen molar-refractivity contribution in [2.45, 2.75) is 19.8 Å². The Bertz CT molecular complexity index is 519. The number of carbonyl (C=O) groups is 1. The van der Waals surface area contributed by atoms with Gasteiger partial charge < -0.3 is 20.7 Å². The Kier molecular flexibility index (Phi) is 4.35. The van der Waals surface area contributed by atoms with Crippen LogP contribution in [0, 0.1) is 10.8 Å². The molecular weight excluding hydrogens is 268 g/mol. The Labute approximate surface area is 124 Å². The molecule has 0 spiro atoms. The molecule has 2 rings (SSSR count). The number of hydrogen-bond donors (Lipinski definition) is 3. The van der Waals surface area contributed by atoms with Gasteiger partial charge in [-0.15, -0.1) is 0 Å². The zero-order valence-corrected chi connectivity index (χ0v) is 12.5. The number of benzene rings is 1. The van der Waals surface area contributed by atoms with E-state index in [1.165, 1.54) is 0 Å². The van der Waals surface area contributed by atoms with Crippen LogP contribution in [0.3, 0.4) is 0 Å². The number of ether oxygens (including phenoxy) is 1. The van der Waals surface area contributed by atoms with E-state index < -0.39 is 0 Å². The van der Waals surface area contributed by atoms with Crippen molar-refractivity contribution in [2.75, 3.05) is 25.5 Å². The number of piperidine rings is 1. The van der Waals surface area contributed by atoms with E-state index in [1.54, 1.807) is 36.3 Å². The summed E-state index contributed by atoms with van der Waals surface area (Å²) in [7, 11) is 1.60. The van der Waals surface area contributed by atoms with Crippen molar-refractivity contribution in [3.05, 3.63) is 24.3 Å². The molecule has 0 aliphatic carbocycles. The predicted molar refractivity (Wildman–Crippen MR) is 82.8 cm³/mol. The van der Waals surface area contributed by atoms with Crippen LogP contribution in [0.15, 0.2) is 24.3 Å². The first-order chi connectivity index (χ1) is 9.94. The number of hydrogen-bond acceptors (Lipinski definition) is 3. The van der Waals surface area contributed by atoms with Gasteiger partial charge >= 0.3 is 6.03 Å². The van der Waals surface area contributed by atoms with Crippen molar-refractivity contribution in [3.8, 4) is 5.75 Å². The van der Waals surface area contributed by atoms with Crippen molar-refractivity contribution in [3.63, 3.8) is 0 Å². The minimum atomic E-state index is -0.281. The normalized spacial score (nSPS) is 17.1. The number of carbonyl (C=O) groups excluding carboxylic acids is 1. The molecule has 1 heterocycles. The summed E-state index contributed by atoms with van der Waals surface area (Å²) in [6.07, 6.45) is 1.44. The second-order valence-corrected chi connectivity index (χ2v) is 5.62. The zero-order valence-electron chi connectivity index (χ0n) is 12.5. The van der Waals surface area contributed by atoms with Gasteiger partial charge in [0.2, 0.25) is 0 Å². The van der Waals surface area contributed by atoms with Crippen molar-refractivity contribution in [1.29, 1.82) is 5.41 Å². The third-order valence-electron chi connectivity index (χ3n) is 4.15. The lowest BCUT2D eigenvalue weighted by Gasteiger charge is -2.38. The third-order valence-corrected chi connectivity index (χ3v) is 4.15. The van der Waals surface area contributed by atoms with Crippen LogP contribution in [0.1, 0.15) is 19.8 Å². The fourth-order valence-electron chi connectivity index (χ4n) is 2.35. The topological polar surface area (TPSA) is 91.4 Å². The number of nitrogens with one attached hydrogen (secondary N) is 2. The average molecular weight is 290 g/mol. The standard InChI is InChI=1S/C15H22N4O2/c1-15(13(16)17)7-9-19(10-8-15)14(20)18-11-3-5-12(21-2)6-4-11/h3-6H,7-10H2,1-2H3,(H3,16,17)(H,18,20). The number of amidine groups is 1. The van der Waals surface area contributed by atoms with Gasteiger partial charge in [0, 0.05) is 24.2 Å². The summed E-state index contributed by atoms with van der Waals surface area (Å²) in [5.41, 5.74) is 6.08. The van der Waals surface area contributed by atoms with E-state index in [4.69, 9.17) is 15.9 Å². The van der Waals surface area contributed by atoms with E-state index >= 15 is 0 Å². The summed E-state index contributed by atoms with van der Waals surface area (Å²) in [5.74, 6) is 0.959. The number of urea groups is 1. The first kappa shape index (κ1) is 15.2. The van der Waals surface area contributed by atoms with Crippen LogP contribution in [0.5, 0.6) is 5.75 Å². The summed E-state index contributed by atoms with van der Waals surface area (Å²) in [6, 6.07) is 7.10. The minimum absolute atomic E-state index is 0.120. The summed E-state index contributed by atoms with van der Waals surface area (Å²) in [5, 5.41) is 10.5. The molecule has 1 aromatic carbocycles. The molecule has 1 aromatic rings. The van der Waals surface area contributed by atoms with Gasteiger partial charge in [-0.3, -0.25) is 5.41 Å². The molecule has 4 N–H and O–H groups in total. The molecule has 0 unspecified atom stereocenters. The molecule has 0 aromatic heterocycles. The lowest BCUT2D eigenvalue weighted by molar-refractivity contribution is 0.170. The summed E-state index contributed by atoms with van der Waals surface area (Å²) in [4.78, 5) is 14.0. The number of nitrogens with two attached hydrogens (primary N) is 1. The molecule has 1 aliphatic rings. The Morgan fingerprint density at radius 3 is 2.38 bits per heavy atom. The Balaban J connectivity index is 1.91. The molecule has 1 aliphatic heterocycles. The van der Waals surface area contributed by atoms with E-state index in [0.29, 0.717) is 13.1 Å². The van der Waals surface area contributed by atoms with Crippen LogP contribution in [0.25, 0.3) is 0 Å². The Hall–Kier alpha value is -2.24. The van der Waals surface area contributed by atoms with Crippen LogP contribution < -0.4 is 15.8 Å². The summed E-state index contributed by atoms with van der Waals surface area (Å²) < 4.78 is 5.08. The predicted octanol–water partition coefficient (Wildman–Crippen LogP) is 2.27. The molecule has 2 amide bonds. The molecule has 0 bridgehead atoms. The van der Waals surface area contributed by atoms with Crippen molar-refractivity contribution >= 4 is 17.6 Å². The minimum Gasteiger partial charge on any atom is -0.497 e. The maximum absolute atomic E-state index is 12.2. The number of nitrogens with zero attached hydrogens (tertiary/aromatic N) is 1. The highest BCUT2D eigenvalue weighted by molar-refractivity contribution is 5.90. The average Bonchev–Trinajstić information content (AvgIpc) is 2.48. The highest BCUT2D eigenvalue weighted by Gasteiger charge is 2.34. The van der Waals surface area contributed by atoms with Gasteiger partial charge in [0.05, 0.1) is 12.9 Å². The van der Waals surface area contributed by atoms with Crippen molar-refractivity contribution in [1.82, 2.24) is 4.90 Å². The first-order valence-corrected chi connectivity index (χ1v) is 6.99. The molecule has 6 heteroatoms. The molecule has 0 radical (unpaired) electrons. The summed E-state index contributed by atoms with van der Waals surface area (Å²) in [6.45, 7) is 3.20. The lowest BCUT2D eigenvalue weighted by atomic mass is 9.79. The highest BCUT2D eigenvalue weighted by Crippen LogP contribution is 2.30. The smallest absolute Gasteiger partial charge is 0.321 e. The number of rotatable bonds is 3. The van der Waals surface area contributed by atoms with Gasteiger partial charge in [-0.1, -0.05) is 6.92 Å². The lowest BCUT2D eigenvalue weighted by Crippen LogP contribution is -2.48. The first-order valence-electron chi connectivity index (χ1n) is 6.99. The summed E-state index contributed by atoms with van der Waals surface area (Å²) >= 11 is 0. The van der Waals surface area contributed by atoms with Crippen LogP contribution in [0.4, 0.5) is 10.5 Å². The van der Waals surface area contributed by atoms with E-state index in [1.807, 2.05) is 6.92 Å². The van der Waals surface area contributed by atoms with Gasteiger partial charge in [-0.2, -0.15) is 0 Å². The molecule has 21 heavy (non-hydrogen) atoms. The van der Waals surface area contributed by atoms with Crippen LogP contribution >= 0.6 is 0 Å². The molecule has 6 nitrogen and oxygen atoms in total. The number of likely N-dealkylation sites (tertiary alicyclic amines) is 1. The molecule has 1 fully saturated rings. The fraction of sp³-hybridized carbons (Fsp3) is 0.467. The fourth-order valence-corrected chi connectivity index (χ4v) is 2.35. The maximum Gasteiger partial charge on any atom is 0.321 e. The zero-order chi connectivity index (χ0) is 15.5. The quantitative estimate of drug-likeness (QED) is 0.589. The second kappa shape index (κ2) is 6.03. The van der Waals surface area contributed by atoms with E-state index in [0.717, 1.165) is 24.3 Å². The highest BCUT2D eigenvalue weighted by atomic mass is 16.5. The maximum atomic E-state index is 12.2. The van der Waals surface area contributed by atoms with Crippen LogP contribution in [0.2, 0.25) is 0 Å². The molecular formula is C15H22N4O2. The monoisotopic (exact) mass is 290 g/mol. The number of amides is 2. The SMILES string of the molecule is COc1ccc(NC(=O)N2CCC(C)(C(=N)N)CC2)cc1. The van der Waals surface area contributed by atoms with Gasteiger partial charge in [0.25, 0.3) is 0 Å². The van der Waals surface area contributed by atoms with E-state index in [2.05, 4.69) is 5.32 Å². The van der Waals surface area contributed by atoms with Crippen LogP contribution in [-0.2, 0) is 0 Å². The largest absolute Gasteiger partial charge is 0.497 e. The number of methoxy groups -OCH3 is 1. The van der Waals surface area contributed by atoms with Gasteiger partial charge in [-0.25, -0.2) is 4.79 Å². The molecule has 1 saturated heterocycles. The Morgan fingerprint density at radius 2 is 1.90 bits per heavy atom. The van der Waals surface area contributed by atoms with E-state index in [-0.39, 0.29) is 17.3 Å².